The predicted octanol–water partition coefficient (Wildman–Crippen LogP) is 2.94. The van der Waals surface area contributed by atoms with E-state index in [0.717, 1.165) is 6.42 Å². The fourth-order valence-corrected chi connectivity index (χ4v) is 3.56. The van der Waals surface area contributed by atoms with Crippen molar-refractivity contribution in [3.8, 4) is 0 Å². The molecule has 1 atom stereocenters. The Morgan fingerprint density at radius 2 is 2.03 bits per heavy atom. The smallest absolute Gasteiger partial charge is 0.410 e. The van der Waals surface area contributed by atoms with E-state index in [4.69, 9.17) is 9.47 Å². The molecule has 0 spiro atoms. The van der Waals surface area contributed by atoms with E-state index in [2.05, 4.69) is 5.10 Å². The number of halogens is 1. The van der Waals surface area contributed by atoms with Gasteiger partial charge < -0.3 is 19.3 Å². The van der Waals surface area contributed by atoms with Crippen LogP contribution in [0, 0.1) is 5.82 Å². The van der Waals surface area contributed by atoms with Gasteiger partial charge in [-0.2, -0.15) is 5.10 Å². The van der Waals surface area contributed by atoms with Gasteiger partial charge in [0, 0.05) is 38.8 Å². The molecule has 2 aromatic rings. The summed E-state index contributed by atoms with van der Waals surface area (Å²) in [5.74, 6) is -1.44. The first-order valence-electron chi connectivity index (χ1n) is 9.46. The van der Waals surface area contributed by atoms with Crippen molar-refractivity contribution >= 4 is 28.7 Å². The van der Waals surface area contributed by atoms with Crippen molar-refractivity contribution in [1.82, 2.24) is 14.7 Å². The number of anilines is 1. The standard InChI is InChI=1S/C20H27FN4O4/c1-20(2,3)29-19(27)24(5)12-7-8-25(10-12)15-9-14(21)16(18(26)28-6)17-13(15)11-23(4)22-17/h9,11-12H,7-8,10H2,1-6H3/t12-/m1/s1. The molecule has 0 unspecified atom stereocenters. The third kappa shape index (κ3) is 4.13. The van der Waals surface area contributed by atoms with Crippen molar-refractivity contribution < 1.29 is 23.5 Å². The predicted molar refractivity (Wildman–Crippen MR) is 107 cm³/mol. The second-order valence-corrected chi connectivity index (χ2v) is 8.29. The Balaban J connectivity index is 1.89. The van der Waals surface area contributed by atoms with Crippen LogP contribution in [0.3, 0.4) is 0 Å². The summed E-state index contributed by atoms with van der Waals surface area (Å²) in [6, 6.07) is 1.27. The number of carbonyl (C=O) groups excluding carboxylic acids is 2. The molecule has 3 rings (SSSR count). The molecule has 0 radical (unpaired) electrons. The highest BCUT2D eigenvalue weighted by Gasteiger charge is 2.33. The number of esters is 1. The lowest BCUT2D eigenvalue weighted by atomic mass is 10.1. The lowest BCUT2D eigenvalue weighted by Crippen LogP contribution is -2.42. The lowest BCUT2D eigenvalue weighted by Gasteiger charge is -2.29. The number of hydrogen-bond acceptors (Lipinski definition) is 6. The average Bonchev–Trinajstić information content (AvgIpc) is 3.24. The molecule has 1 aliphatic rings. The Labute approximate surface area is 169 Å². The van der Waals surface area contributed by atoms with Crippen LogP contribution in [-0.4, -0.2) is 65.6 Å². The summed E-state index contributed by atoms with van der Waals surface area (Å²) in [6.45, 7) is 6.63. The highest BCUT2D eigenvalue weighted by molar-refractivity contribution is 6.07. The molecule has 1 aromatic carbocycles. The molecular formula is C20H27FN4O4. The number of amides is 1. The number of carbonyl (C=O) groups is 2. The fraction of sp³-hybridized carbons (Fsp3) is 0.550. The van der Waals surface area contributed by atoms with Gasteiger partial charge in [-0.3, -0.25) is 4.68 Å². The molecule has 0 N–H and O–H groups in total. The van der Waals surface area contributed by atoms with Gasteiger partial charge in [-0.1, -0.05) is 0 Å². The number of ether oxygens (including phenoxy) is 2. The van der Waals surface area contributed by atoms with Gasteiger partial charge in [0.1, 0.15) is 22.5 Å². The van der Waals surface area contributed by atoms with Crippen molar-refractivity contribution in [1.29, 1.82) is 0 Å². The number of aromatic nitrogens is 2. The van der Waals surface area contributed by atoms with Gasteiger partial charge in [-0.25, -0.2) is 14.0 Å². The van der Waals surface area contributed by atoms with Gasteiger partial charge in [0.2, 0.25) is 0 Å². The Bertz CT molecular complexity index is 950. The molecule has 0 saturated carbocycles. The van der Waals surface area contributed by atoms with E-state index in [1.807, 2.05) is 25.7 Å². The van der Waals surface area contributed by atoms with E-state index >= 15 is 0 Å². The van der Waals surface area contributed by atoms with Gasteiger partial charge in [0.25, 0.3) is 0 Å². The first-order valence-corrected chi connectivity index (χ1v) is 9.46. The molecule has 0 aliphatic carbocycles. The zero-order valence-electron chi connectivity index (χ0n) is 17.7. The summed E-state index contributed by atoms with van der Waals surface area (Å²) in [5, 5.41) is 4.92. The van der Waals surface area contributed by atoms with Crippen LogP contribution >= 0.6 is 0 Å². The van der Waals surface area contributed by atoms with Crippen LogP contribution < -0.4 is 4.90 Å². The summed E-state index contributed by atoms with van der Waals surface area (Å²) in [4.78, 5) is 28.0. The number of rotatable bonds is 3. The molecule has 1 fully saturated rings. The number of benzene rings is 1. The van der Waals surface area contributed by atoms with Crippen LogP contribution in [0.15, 0.2) is 12.3 Å². The molecule has 1 aromatic heterocycles. The summed E-state index contributed by atoms with van der Waals surface area (Å²) >= 11 is 0. The Morgan fingerprint density at radius 1 is 1.34 bits per heavy atom. The van der Waals surface area contributed by atoms with E-state index in [9.17, 15) is 14.0 Å². The number of aryl methyl sites for hydroxylation is 1. The topological polar surface area (TPSA) is 76.9 Å². The van der Waals surface area contributed by atoms with E-state index < -0.39 is 17.4 Å². The molecular weight excluding hydrogens is 379 g/mol. The van der Waals surface area contributed by atoms with Crippen LogP contribution in [0.5, 0.6) is 0 Å². The number of nitrogens with zero attached hydrogens (tertiary/aromatic N) is 4. The normalized spacial score (nSPS) is 16.9. The van der Waals surface area contributed by atoms with Crippen LogP contribution in [0.4, 0.5) is 14.9 Å². The van der Waals surface area contributed by atoms with E-state index in [0.29, 0.717) is 24.2 Å². The zero-order chi connectivity index (χ0) is 21.5. The molecule has 2 heterocycles. The van der Waals surface area contributed by atoms with E-state index in [1.54, 1.807) is 29.9 Å². The zero-order valence-corrected chi connectivity index (χ0v) is 17.7. The number of methoxy groups -OCH3 is 1. The first kappa shape index (κ1) is 20.9. The summed E-state index contributed by atoms with van der Waals surface area (Å²) in [6.07, 6.45) is 2.09. The minimum absolute atomic E-state index is 0.0695. The highest BCUT2D eigenvalue weighted by Crippen LogP contribution is 2.34. The molecule has 9 heteroatoms. The second kappa shape index (κ2) is 7.53. The van der Waals surface area contributed by atoms with Gasteiger partial charge in [-0.15, -0.1) is 0 Å². The Morgan fingerprint density at radius 3 is 2.66 bits per heavy atom. The number of likely N-dealkylation sites (N-methyl/N-ethyl adjacent to an activating group) is 1. The third-order valence-electron chi connectivity index (χ3n) is 4.97. The molecule has 8 nitrogen and oxygen atoms in total. The van der Waals surface area contributed by atoms with Crippen LogP contribution in [0.1, 0.15) is 37.6 Å². The average molecular weight is 406 g/mol. The van der Waals surface area contributed by atoms with Crippen molar-refractivity contribution in [3.63, 3.8) is 0 Å². The highest BCUT2D eigenvalue weighted by atomic mass is 19.1. The quantitative estimate of drug-likeness (QED) is 0.730. The van der Waals surface area contributed by atoms with Crippen LogP contribution in [0.25, 0.3) is 10.9 Å². The second-order valence-electron chi connectivity index (χ2n) is 8.29. The maximum Gasteiger partial charge on any atom is 0.410 e. The molecule has 1 aliphatic heterocycles. The summed E-state index contributed by atoms with van der Waals surface area (Å²) in [5.41, 5.74) is 0.156. The first-order chi connectivity index (χ1) is 13.5. The van der Waals surface area contributed by atoms with Crippen molar-refractivity contribution in [2.24, 2.45) is 7.05 Å². The van der Waals surface area contributed by atoms with Gasteiger partial charge in [0.15, 0.2) is 0 Å². The monoisotopic (exact) mass is 406 g/mol. The molecule has 0 bridgehead atoms. The van der Waals surface area contributed by atoms with Gasteiger partial charge in [0.05, 0.1) is 18.8 Å². The third-order valence-corrected chi connectivity index (χ3v) is 4.97. The SMILES string of the molecule is COC(=O)c1c(F)cc(N2CC[C@@H](N(C)C(=O)OC(C)(C)C)C2)c2cn(C)nc12. The summed E-state index contributed by atoms with van der Waals surface area (Å²) in [7, 11) is 4.64. The minimum atomic E-state index is -0.762. The Hall–Kier alpha value is -2.84. The maximum atomic E-state index is 14.8. The number of hydrogen-bond donors (Lipinski definition) is 0. The molecule has 158 valence electrons. The molecule has 1 amide bonds. The van der Waals surface area contributed by atoms with Crippen LogP contribution in [0.2, 0.25) is 0 Å². The summed E-state index contributed by atoms with van der Waals surface area (Å²) < 4.78 is 26.5. The maximum absolute atomic E-state index is 14.8. The van der Waals surface area contributed by atoms with Gasteiger partial charge >= 0.3 is 12.1 Å². The lowest BCUT2D eigenvalue weighted by molar-refractivity contribution is 0.0237. The van der Waals surface area contributed by atoms with E-state index in [-0.39, 0.29) is 23.2 Å². The van der Waals surface area contributed by atoms with Crippen LogP contribution in [-0.2, 0) is 16.5 Å². The molecule has 1 saturated heterocycles. The van der Waals surface area contributed by atoms with Gasteiger partial charge in [-0.05, 0) is 33.3 Å². The van der Waals surface area contributed by atoms with Crippen molar-refractivity contribution in [2.45, 2.75) is 38.8 Å². The van der Waals surface area contributed by atoms with Crippen molar-refractivity contribution in [3.05, 3.63) is 23.6 Å². The number of fused-ring (bicyclic) bond motifs is 1. The Kier molecular flexibility index (Phi) is 5.42. The van der Waals surface area contributed by atoms with Crippen molar-refractivity contribution in [2.75, 3.05) is 32.1 Å². The fourth-order valence-electron chi connectivity index (χ4n) is 3.56. The minimum Gasteiger partial charge on any atom is -0.465 e. The van der Waals surface area contributed by atoms with E-state index in [1.165, 1.54) is 13.2 Å². The largest absolute Gasteiger partial charge is 0.465 e. The molecule has 29 heavy (non-hydrogen) atoms.